The molecule has 0 nitrogen and oxygen atoms in total. The summed E-state index contributed by atoms with van der Waals surface area (Å²) >= 11 is 3.17. The molecule has 0 N–H and O–H groups in total. The minimum Gasteiger partial charge on any atom is -0.207 e. The van der Waals surface area contributed by atoms with Gasteiger partial charge in [-0.25, -0.2) is 13.2 Å². The van der Waals surface area contributed by atoms with Crippen molar-refractivity contribution in [2.45, 2.75) is 6.43 Å². The molecule has 0 saturated carbocycles. The second kappa shape index (κ2) is 3.69. The van der Waals surface area contributed by atoms with E-state index in [0.717, 1.165) is 10.8 Å². The van der Waals surface area contributed by atoms with E-state index >= 15 is 0 Å². The molecule has 0 saturated heterocycles. The molecular formula is C9H4F3IS. The van der Waals surface area contributed by atoms with E-state index < -0.39 is 12.2 Å². The first-order valence-electron chi connectivity index (χ1n) is 3.74. The molecule has 0 aliphatic carbocycles. The summed E-state index contributed by atoms with van der Waals surface area (Å²) in [6.45, 7) is 0. The molecule has 5 heteroatoms. The fourth-order valence-corrected chi connectivity index (χ4v) is 3.17. The van der Waals surface area contributed by atoms with Crippen LogP contribution in [0, 0.1) is 9.39 Å². The number of alkyl halides is 2. The Morgan fingerprint density at radius 1 is 1.29 bits per heavy atom. The van der Waals surface area contributed by atoms with Gasteiger partial charge in [0, 0.05) is 24.6 Å². The Hall–Kier alpha value is -0.300. The highest BCUT2D eigenvalue weighted by Gasteiger charge is 2.15. The van der Waals surface area contributed by atoms with Crippen LogP contribution in [0.1, 0.15) is 12.0 Å². The SMILES string of the molecule is Fc1cc(I)c2scc(C(F)F)c2c1. The van der Waals surface area contributed by atoms with Gasteiger partial charge in [-0.3, -0.25) is 0 Å². The first kappa shape index (κ1) is 10.2. The Balaban J connectivity index is 2.78. The summed E-state index contributed by atoms with van der Waals surface area (Å²) in [5.74, 6) is -0.470. The van der Waals surface area contributed by atoms with Crippen LogP contribution in [-0.2, 0) is 0 Å². The Kier molecular flexibility index (Phi) is 2.70. The molecule has 0 amide bonds. The van der Waals surface area contributed by atoms with Crippen molar-refractivity contribution in [2.24, 2.45) is 0 Å². The zero-order valence-electron chi connectivity index (χ0n) is 6.73. The molecule has 1 aromatic heterocycles. The third-order valence-electron chi connectivity index (χ3n) is 1.86. The van der Waals surface area contributed by atoms with Crippen molar-refractivity contribution in [3.63, 3.8) is 0 Å². The third kappa shape index (κ3) is 1.63. The molecule has 1 aromatic carbocycles. The molecule has 0 atom stereocenters. The number of thiophene rings is 1. The molecule has 0 aliphatic heterocycles. The second-order valence-corrected chi connectivity index (χ2v) is 4.80. The number of hydrogen-bond acceptors (Lipinski definition) is 1. The summed E-state index contributed by atoms with van der Waals surface area (Å²) < 4.78 is 39.3. The number of halogens is 4. The average molecular weight is 328 g/mol. The molecule has 0 spiro atoms. The smallest absolute Gasteiger partial charge is 0.207 e. The summed E-state index contributed by atoms with van der Waals surface area (Å²) in [5, 5.41) is 1.71. The second-order valence-electron chi connectivity index (χ2n) is 2.76. The van der Waals surface area contributed by atoms with E-state index in [-0.39, 0.29) is 5.56 Å². The summed E-state index contributed by atoms with van der Waals surface area (Å²) in [5.41, 5.74) is -0.0811. The monoisotopic (exact) mass is 328 g/mol. The third-order valence-corrected chi connectivity index (χ3v) is 4.12. The summed E-state index contributed by atoms with van der Waals surface area (Å²) in [7, 11) is 0. The first-order valence-corrected chi connectivity index (χ1v) is 5.69. The van der Waals surface area contributed by atoms with Crippen LogP contribution in [-0.4, -0.2) is 0 Å². The number of fused-ring (bicyclic) bond motifs is 1. The van der Waals surface area contributed by atoms with Crippen LogP contribution >= 0.6 is 33.9 Å². The van der Waals surface area contributed by atoms with Crippen molar-refractivity contribution in [1.29, 1.82) is 0 Å². The number of hydrogen-bond donors (Lipinski definition) is 0. The van der Waals surface area contributed by atoms with Crippen molar-refractivity contribution in [3.8, 4) is 0 Å². The zero-order valence-corrected chi connectivity index (χ0v) is 9.70. The fourth-order valence-electron chi connectivity index (χ4n) is 1.25. The van der Waals surface area contributed by atoms with Gasteiger partial charge in [0.15, 0.2) is 0 Å². The van der Waals surface area contributed by atoms with Gasteiger partial charge in [-0.15, -0.1) is 11.3 Å². The van der Waals surface area contributed by atoms with Gasteiger partial charge >= 0.3 is 0 Å². The molecule has 2 rings (SSSR count). The fraction of sp³-hybridized carbons (Fsp3) is 0.111. The van der Waals surface area contributed by atoms with Gasteiger partial charge in [0.05, 0.1) is 0 Å². The van der Waals surface area contributed by atoms with Crippen LogP contribution < -0.4 is 0 Å². The quantitative estimate of drug-likeness (QED) is 0.672. The standard InChI is InChI=1S/C9H4F3IS/c10-4-1-5-6(9(11)12)3-14-8(5)7(13)2-4/h1-3,9H. The molecule has 1 heterocycles. The Labute approximate surface area is 95.9 Å². The maximum absolute atomic E-state index is 13.0. The van der Waals surface area contributed by atoms with E-state index in [1.807, 2.05) is 22.6 Å². The van der Waals surface area contributed by atoms with Crippen LogP contribution in [0.15, 0.2) is 17.5 Å². The van der Waals surface area contributed by atoms with Gasteiger partial charge in [-0.2, -0.15) is 0 Å². The van der Waals surface area contributed by atoms with E-state index in [1.54, 1.807) is 0 Å². The van der Waals surface area contributed by atoms with Gasteiger partial charge in [0.25, 0.3) is 6.43 Å². The number of benzene rings is 1. The molecule has 0 bridgehead atoms. The summed E-state index contributed by atoms with van der Waals surface area (Å²) in [6.07, 6.45) is -2.54. The van der Waals surface area contributed by atoms with E-state index in [4.69, 9.17) is 0 Å². The summed E-state index contributed by atoms with van der Waals surface area (Å²) in [4.78, 5) is 0. The van der Waals surface area contributed by atoms with E-state index in [1.165, 1.54) is 22.8 Å². The molecule has 14 heavy (non-hydrogen) atoms. The van der Waals surface area contributed by atoms with Gasteiger partial charge in [-0.05, 0) is 34.7 Å². The lowest BCUT2D eigenvalue weighted by molar-refractivity contribution is 0.153. The van der Waals surface area contributed by atoms with Crippen LogP contribution in [0.5, 0.6) is 0 Å². The number of rotatable bonds is 1. The highest BCUT2D eigenvalue weighted by Crippen LogP contribution is 2.35. The molecule has 2 aromatic rings. The maximum Gasteiger partial charge on any atom is 0.265 e. The maximum atomic E-state index is 13.0. The summed E-state index contributed by atoms with van der Waals surface area (Å²) in [6, 6.07) is 2.50. The minimum atomic E-state index is -2.54. The lowest BCUT2D eigenvalue weighted by Gasteiger charge is -1.98. The topological polar surface area (TPSA) is 0 Å². The Morgan fingerprint density at radius 3 is 2.64 bits per heavy atom. The molecule has 74 valence electrons. The lowest BCUT2D eigenvalue weighted by Crippen LogP contribution is -1.83. The van der Waals surface area contributed by atoms with Crippen LogP contribution in [0.25, 0.3) is 10.1 Å². The molecule has 0 radical (unpaired) electrons. The molecular weight excluding hydrogens is 324 g/mol. The predicted octanol–water partition coefficient (Wildman–Crippen LogP) is 4.58. The van der Waals surface area contributed by atoms with Crippen molar-refractivity contribution in [1.82, 2.24) is 0 Å². The molecule has 0 aliphatic rings. The van der Waals surface area contributed by atoms with E-state index in [9.17, 15) is 13.2 Å². The normalized spacial score (nSPS) is 11.5. The Morgan fingerprint density at radius 2 is 2.00 bits per heavy atom. The largest absolute Gasteiger partial charge is 0.265 e. The van der Waals surface area contributed by atoms with Crippen molar-refractivity contribution >= 4 is 44.0 Å². The molecule has 0 fully saturated rings. The zero-order chi connectivity index (χ0) is 10.3. The predicted molar refractivity (Wildman–Crippen MR) is 59.5 cm³/mol. The van der Waals surface area contributed by atoms with E-state index in [0.29, 0.717) is 8.96 Å². The minimum absolute atomic E-state index is 0.0811. The first-order chi connectivity index (χ1) is 6.59. The van der Waals surface area contributed by atoms with Gasteiger partial charge in [-0.1, -0.05) is 0 Å². The van der Waals surface area contributed by atoms with Crippen molar-refractivity contribution in [3.05, 3.63) is 32.5 Å². The van der Waals surface area contributed by atoms with Gasteiger partial charge in [0.2, 0.25) is 0 Å². The highest BCUT2D eigenvalue weighted by molar-refractivity contribution is 14.1. The van der Waals surface area contributed by atoms with Gasteiger partial charge < -0.3 is 0 Å². The van der Waals surface area contributed by atoms with Crippen LogP contribution in [0.2, 0.25) is 0 Å². The van der Waals surface area contributed by atoms with Crippen LogP contribution in [0.3, 0.4) is 0 Å². The van der Waals surface area contributed by atoms with Crippen molar-refractivity contribution in [2.75, 3.05) is 0 Å². The van der Waals surface area contributed by atoms with Gasteiger partial charge in [0.1, 0.15) is 5.82 Å². The van der Waals surface area contributed by atoms with E-state index in [2.05, 4.69) is 0 Å². The highest BCUT2D eigenvalue weighted by atomic mass is 127. The lowest BCUT2D eigenvalue weighted by atomic mass is 10.2. The Bertz CT molecular complexity index is 478. The van der Waals surface area contributed by atoms with Crippen molar-refractivity contribution < 1.29 is 13.2 Å². The molecule has 0 unspecified atom stereocenters. The van der Waals surface area contributed by atoms with Crippen LogP contribution in [0.4, 0.5) is 13.2 Å². The average Bonchev–Trinajstić information content (AvgIpc) is 2.47.